The van der Waals surface area contributed by atoms with Crippen molar-refractivity contribution in [2.24, 2.45) is 5.11 Å². The average Bonchev–Trinajstić information content (AvgIpc) is 2.43. The Kier molecular flexibility index (Phi) is 4.92. The monoisotopic (exact) mass is 210 g/mol. The van der Waals surface area contributed by atoms with Crippen LogP contribution in [0.2, 0.25) is 0 Å². The summed E-state index contributed by atoms with van der Waals surface area (Å²) >= 11 is 0. The molecule has 1 aliphatic heterocycles. The Bertz CT molecular complexity index is 223. The van der Waals surface area contributed by atoms with Gasteiger partial charge in [-0.1, -0.05) is 31.8 Å². The summed E-state index contributed by atoms with van der Waals surface area (Å²) in [6, 6.07) is 0. The van der Waals surface area contributed by atoms with Crippen LogP contribution in [-0.2, 0) is 0 Å². The molecule has 4 nitrogen and oxygen atoms in total. The van der Waals surface area contributed by atoms with E-state index < -0.39 is 0 Å². The van der Waals surface area contributed by atoms with E-state index in [1.54, 1.807) is 0 Å². The minimum atomic E-state index is -0.235. The molecule has 1 heterocycles. The highest BCUT2D eigenvalue weighted by Crippen LogP contribution is 2.17. The van der Waals surface area contributed by atoms with E-state index in [1.807, 2.05) is 13.8 Å². The van der Waals surface area contributed by atoms with Crippen LogP contribution in [-0.4, -0.2) is 30.1 Å². The maximum Gasteiger partial charge on any atom is 0.0444 e. The lowest BCUT2D eigenvalue weighted by molar-refractivity contribution is 0.257. The molecule has 1 fully saturated rings. The standard InChI is InChI=1S/C11H22N4/c1-11(2,13-14-12)7-10-15-8-5-3-4-6-9-15/h3-10H2,1-2H3. The minimum absolute atomic E-state index is 0.235. The molecule has 1 rings (SSSR count). The number of azide groups is 1. The van der Waals surface area contributed by atoms with Gasteiger partial charge >= 0.3 is 0 Å². The first-order chi connectivity index (χ1) is 7.14. The zero-order chi connectivity index (χ0) is 11.1. The van der Waals surface area contributed by atoms with Crippen molar-refractivity contribution < 1.29 is 0 Å². The highest BCUT2D eigenvalue weighted by molar-refractivity contribution is 4.79. The van der Waals surface area contributed by atoms with Gasteiger partial charge in [-0.25, -0.2) is 0 Å². The normalized spacial score (nSPS) is 19.3. The van der Waals surface area contributed by atoms with Gasteiger partial charge in [-0.05, 0) is 44.4 Å². The fourth-order valence-electron chi connectivity index (χ4n) is 1.96. The Hall–Kier alpha value is -0.730. The molecule has 0 aromatic heterocycles. The minimum Gasteiger partial charge on any atom is -0.303 e. The lowest BCUT2D eigenvalue weighted by Crippen LogP contribution is -2.30. The summed E-state index contributed by atoms with van der Waals surface area (Å²) in [5.41, 5.74) is 8.19. The van der Waals surface area contributed by atoms with Crippen LogP contribution >= 0.6 is 0 Å². The molecule has 0 aromatic carbocycles. The smallest absolute Gasteiger partial charge is 0.0444 e. The van der Waals surface area contributed by atoms with Crippen molar-refractivity contribution in [3.05, 3.63) is 10.4 Å². The third-order valence-electron chi connectivity index (χ3n) is 3.05. The average molecular weight is 210 g/mol. The molecule has 0 bridgehead atoms. The van der Waals surface area contributed by atoms with Crippen LogP contribution in [0.5, 0.6) is 0 Å². The van der Waals surface area contributed by atoms with Gasteiger partial charge < -0.3 is 4.90 Å². The molecule has 0 saturated carbocycles. The van der Waals surface area contributed by atoms with Crippen LogP contribution in [0.3, 0.4) is 0 Å². The van der Waals surface area contributed by atoms with Crippen molar-refractivity contribution in [2.45, 2.75) is 51.5 Å². The molecular formula is C11H22N4. The zero-order valence-electron chi connectivity index (χ0n) is 9.95. The molecule has 0 aliphatic carbocycles. The van der Waals surface area contributed by atoms with Crippen molar-refractivity contribution in [2.75, 3.05) is 19.6 Å². The van der Waals surface area contributed by atoms with E-state index in [9.17, 15) is 0 Å². The molecule has 86 valence electrons. The number of rotatable bonds is 4. The van der Waals surface area contributed by atoms with Crippen molar-refractivity contribution >= 4 is 0 Å². The molecule has 0 amide bonds. The third kappa shape index (κ3) is 5.05. The van der Waals surface area contributed by atoms with E-state index in [4.69, 9.17) is 5.53 Å². The molecule has 0 radical (unpaired) electrons. The van der Waals surface area contributed by atoms with Crippen molar-refractivity contribution in [1.82, 2.24) is 4.90 Å². The largest absolute Gasteiger partial charge is 0.303 e. The number of likely N-dealkylation sites (tertiary alicyclic amines) is 1. The van der Waals surface area contributed by atoms with E-state index in [0.717, 1.165) is 13.0 Å². The molecule has 4 heteroatoms. The summed E-state index contributed by atoms with van der Waals surface area (Å²) < 4.78 is 0. The van der Waals surface area contributed by atoms with Gasteiger partial charge in [0.2, 0.25) is 0 Å². The Morgan fingerprint density at radius 1 is 1.20 bits per heavy atom. The fraction of sp³-hybridized carbons (Fsp3) is 1.00. The van der Waals surface area contributed by atoms with E-state index in [1.165, 1.54) is 38.8 Å². The summed E-state index contributed by atoms with van der Waals surface area (Å²) in [4.78, 5) is 5.40. The molecular weight excluding hydrogens is 188 g/mol. The maximum absolute atomic E-state index is 8.43. The second-order valence-corrected chi connectivity index (χ2v) is 5.01. The van der Waals surface area contributed by atoms with Crippen LogP contribution in [0.25, 0.3) is 10.4 Å². The number of nitrogens with zero attached hydrogens (tertiary/aromatic N) is 4. The molecule has 1 aliphatic rings. The highest BCUT2D eigenvalue weighted by Gasteiger charge is 2.17. The van der Waals surface area contributed by atoms with Gasteiger partial charge in [-0.2, -0.15) is 0 Å². The molecule has 0 N–H and O–H groups in total. The van der Waals surface area contributed by atoms with Gasteiger partial charge in [0.15, 0.2) is 0 Å². The quantitative estimate of drug-likeness (QED) is 0.399. The van der Waals surface area contributed by atoms with E-state index in [-0.39, 0.29) is 5.54 Å². The predicted octanol–water partition coefficient (Wildman–Crippen LogP) is 3.34. The van der Waals surface area contributed by atoms with Crippen molar-refractivity contribution in [3.8, 4) is 0 Å². The Morgan fingerprint density at radius 3 is 2.33 bits per heavy atom. The van der Waals surface area contributed by atoms with Gasteiger partial charge in [-0.3, -0.25) is 0 Å². The topological polar surface area (TPSA) is 52.0 Å². The van der Waals surface area contributed by atoms with Crippen LogP contribution in [0.4, 0.5) is 0 Å². The second-order valence-electron chi connectivity index (χ2n) is 5.01. The lowest BCUT2D eigenvalue weighted by Gasteiger charge is -2.24. The van der Waals surface area contributed by atoms with Crippen molar-refractivity contribution in [1.29, 1.82) is 0 Å². The summed E-state index contributed by atoms with van der Waals surface area (Å²) in [6.07, 6.45) is 6.34. The summed E-state index contributed by atoms with van der Waals surface area (Å²) in [6.45, 7) is 7.50. The summed E-state index contributed by atoms with van der Waals surface area (Å²) in [5.74, 6) is 0. The maximum atomic E-state index is 8.43. The SMILES string of the molecule is CC(C)(CCN1CCCCCC1)N=[N+]=[N-]. The Labute approximate surface area is 92.3 Å². The first-order valence-electron chi connectivity index (χ1n) is 5.93. The van der Waals surface area contributed by atoms with Gasteiger partial charge in [0, 0.05) is 10.5 Å². The molecule has 15 heavy (non-hydrogen) atoms. The predicted molar refractivity (Wildman–Crippen MR) is 62.8 cm³/mol. The molecule has 0 aromatic rings. The molecule has 1 saturated heterocycles. The molecule has 0 spiro atoms. The van der Waals surface area contributed by atoms with Crippen LogP contribution < -0.4 is 0 Å². The van der Waals surface area contributed by atoms with Crippen molar-refractivity contribution in [3.63, 3.8) is 0 Å². The summed E-state index contributed by atoms with van der Waals surface area (Å²) in [5, 5.41) is 3.82. The first-order valence-corrected chi connectivity index (χ1v) is 5.93. The number of hydrogen-bond acceptors (Lipinski definition) is 2. The second kappa shape index (κ2) is 5.99. The lowest BCUT2D eigenvalue weighted by atomic mass is 10.0. The highest BCUT2D eigenvalue weighted by atomic mass is 15.2. The van der Waals surface area contributed by atoms with Crippen LogP contribution in [0.15, 0.2) is 5.11 Å². The zero-order valence-corrected chi connectivity index (χ0v) is 9.95. The van der Waals surface area contributed by atoms with Gasteiger partial charge in [0.1, 0.15) is 0 Å². The Balaban J connectivity index is 2.31. The number of hydrogen-bond donors (Lipinski definition) is 0. The van der Waals surface area contributed by atoms with E-state index >= 15 is 0 Å². The van der Waals surface area contributed by atoms with Gasteiger partial charge in [0.25, 0.3) is 0 Å². The first kappa shape index (κ1) is 12.3. The third-order valence-corrected chi connectivity index (χ3v) is 3.05. The van der Waals surface area contributed by atoms with Crippen LogP contribution in [0, 0.1) is 0 Å². The summed E-state index contributed by atoms with van der Waals surface area (Å²) in [7, 11) is 0. The van der Waals surface area contributed by atoms with Gasteiger partial charge in [0.05, 0.1) is 0 Å². The molecule has 0 atom stereocenters. The Morgan fingerprint density at radius 2 is 1.80 bits per heavy atom. The van der Waals surface area contributed by atoms with Gasteiger partial charge in [-0.15, -0.1) is 0 Å². The van der Waals surface area contributed by atoms with Crippen LogP contribution in [0.1, 0.15) is 46.0 Å². The van der Waals surface area contributed by atoms with E-state index in [0.29, 0.717) is 0 Å². The van der Waals surface area contributed by atoms with E-state index in [2.05, 4.69) is 14.9 Å². The molecule has 0 unspecified atom stereocenters. The fourth-order valence-corrected chi connectivity index (χ4v) is 1.96.